The minimum atomic E-state index is 0.0201. The Morgan fingerprint density at radius 1 is 0.771 bits per heavy atom. The van der Waals surface area contributed by atoms with E-state index in [0.717, 1.165) is 70.2 Å². The molecule has 0 unspecified atom stereocenters. The van der Waals surface area contributed by atoms with Crippen molar-refractivity contribution < 1.29 is 9.59 Å². The number of nitrogens with one attached hydrogen (secondary N) is 1. The maximum atomic E-state index is 12.9. The Morgan fingerprint density at radius 3 is 2.09 bits per heavy atom. The SMILES string of the molecule is Cc1cccc(CN2CCN(C(=O)CN3CCN(CC(=O)Nc4cccc(C)c4C)CC3)CC2)c1. The molecule has 2 aliphatic heterocycles. The van der Waals surface area contributed by atoms with Crippen molar-refractivity contribution in [2.45, 2.75) is 27.3 Å². The molecule has 2 saturated heterocycles. The van der Waals surface area contributed by atoms with Crippen molar-refractivity contribution >= 4 is 17.5 Å². The first kappa shape index (κ1) is 25.4. The maximum absolute atomic E-state index is 12.9. The second-order valence-electron chi connectivity index (χ2n) is 9.99. The van der Waals surface area contributed by atoms with Crippen LogP contribution in [0, 0.1) is 20.8 Å². The Balaban J connectivity index is 1.15. The number of benzene rings is 2. The molecule has 2 heterocycles. The van der Waals surface area contributed by atoms with Crippen molar-refractivity contribution in [1.29, 1.82) is 0 Å². The summed E-state index contributed by atoms with van der Waals surface area (Å²) in [6.07, 6.45) is 0. The molecule has 0 bridgehead atoms. The van der Waals surface area contributed by atoms with Crippen LogP contribution in [0.2, 0.25) is 0 Å². The summed E-state index contributed by atoms with van der Waals surface area (Å²) in [5.74, 6) is 0.244. The molecule has 7 heteroatoms. The molecule has 0 radical (unpaired) electrons. The Labute approximate surface area is 209 Å². The van der Waals surface area contributed by atoms with E-state index in [0.29, 0.717) is 13.1 Å². The third-order valence-electron chi connectivity index (χ3n) is 7.28. The average molecular weight is 478 g/mol. The van der Waals surface area contributed by atoms with E-state index in [-0.39, 0.29) is 11.8 Å². The van der Waals surface area contributed by atoms with E-state index in [1.54, 1.807) is 0 Å². The Bertz CT molecular complexity index is 1020. The number of rotatable bonds is 7. The number of nitrogens with zero attached hydrogens (tertiary/aromatic N) is 4. The van der Waals surface area contributed by atoms with Crippen LogP contribution < -0.4 is 5.32 Å². The van der Waals surface area contributed by atoms with Gasteiger partial charge < -0.3 is 10.2 Å². The summed E-state index contributed by atoms with van der Waals surface area (Å²) >= 11 is 0. The fourth-order valence-corrected chi connectivity index (χ4v) is 4.90. The molecule has 35 heavy (non-hydrogen) atoms. The molecule has 4 rings (SSSR count). The number of hydrogen-bond acceptors (Lipinski definition) is 5. The second kappa shape index (κ2) is 11.8. The Kier molecular flexibility index (Phi) is 8.55. The van der Waals surface area contributed by atoms with Gasteiger partial charge in [-0.2, -0.15) is 0 Å². The van der Waals surface area contributed by atoms with E-state index in [9.17, 15) is 9.59 Å². The van der Waals surface area contributed by atoms with Crippen LogP contribution in [0.15, 0.2) is 42.5 Å². The van der Waals surface area contributed by atoms with Crippen molar-refractivity contribution in [3.05, 3.63) is 64.7 Å². The van der Waals surface area contributed by atoms with Gasteiger partial charge >= 0.3 is 0 Å². The molecular weight excluding hydrogens is 438 g/mol. The number of carbonyl (C=O) groups excluding carboxylic acids is 2. The van der Waals surface area contributed by atoms with Gasteiger partial charge in [0.25, 0.3) is 0 Å². The number of amides is 2. The molecule has 0 atom stereocenters. The highest BCUT2D eigenvalue weighted by molar-refractivity contribution is 5.93. The zero-order valence-electron chi connectivity index (χ0n) is 21.4. The lowest BCUT2D eigenvalue weighted by molar-refractivity contribution is -0.135. The van der Waals surface area contributed by atoms with Crippen LogP contribution in [0.25, 0.3) is 0 Å². The zero-order valence-corrected chi connectivity index (χ0v) is 21.4. The van der Waals surface area contributed by atoms with Crippen molar-refractivity contribution in [2.75, 3.05) is 70.8 Å². The first-order chi connectivity index (χ1) is 16.9. The Morgan fingerprint density at radius 2 is 1.40 bits per heavy atom. The highest BCUT2D eigenvalue weighted by Crippen LogP contribution is 2.18. The van der Waals surface area contributed by atoms with Crippen LogP contribution in [-0.2, 0) is 16.1 Å². The summed E-state index contributed by atoms with van der Waals surface area (Å²) in [4.78, 5) is 34.3. The quantitative estimate of drug-likeness (QED) is 0.664. The van der Waals surface area contributed by atoms with E-state index in [1.807, 2.05) is 24.0 Å². The first-order valence-electron chi connectivity index (χ1n) is 12.7. The summed E-state index contributed by atoms with van der Waals surface area (Å²) in [5.41, 5.74) is 5.80. The van der Waals surface area contributed by atoms with E-state index < -0.39 is 0 Å². The average Bonchev–Trinajstić information content (AvgIpc) is 2.84. The lowest BCUT2D eigenvalue weighted by Crippen LogP contribution is -2.54. The zero-order chi connectivity index (χ0) is 24.8. The van der Waals surface area contributed by atoms with E-state index >= 15 is 0 Å². The predicted molar refractivity (Wildman–Crippen MR) is 140 cm³/mol. The largest absolute Gasteiger partial charge is 0.339 e. The van der Waals surface area contributed by atoms with Gasteiger partial charge in [-0.1, -0.05) is 42.0 Å². The van der Waals surface area contributed by atoms with Crippen molar-refractivity contribution in [2.24, 2.45) is 0 Å². The second-order valence-corrected chi connectivity index (χ2v) is 9.99. The smallest absolute Gasteiger partial charge is 0.238 e. The lowest BCUT2D eigenvalue weighted by atomic mass is 10.1. The Hall–Kier alpha value is -2.74. The van der Waals surface area contributed by atoms with E-state index in [2.05, 4.69) is 64.2 Å². The third kappa shape index (κ3) is 7.13. The molecule has 0 spiro atoms. The molecule has 2 amide bonds. The van der Waals surface area contributed by atoms with Crippen molar-refractivity contribution in [3.63, 3.8) is 0 Å². The fraction of sp³-hybridized carbons (Fsp3) is 0.500. The molecule has 2 aromatic rings. The van der Waals surface area contributed by atoms with Crippen LogP contribution in [-0.4, -0.2) is 96.9 Å². The van der Waals surface area contributed by atoms with Gasteiger partial charge in [0.15, 0.2) is 0 Å². The molecule has 2 aromatic carbocycles. The topological polar surface area (TPSA) is 59.1 Å². The van der Waals surface area contributed by atoms with Crippen LogP contribution >= 0.6 is 0 Å². The minimum absolute atomic E-state index is 0.0201. The standard InChI is InChI=1S/C28H39N5O2/c1-22-6-4-8-25(18-22)19-30-14-16-33(17-15-30)28(35)21-32-12-10-31(11-13-32)20-27(34)29-26-9-5-7-23(2)24(26)3/h4-9,18H,10-17,19-21H2,1-3H3,(H,29,34). The number of hydrogen-bond donors (Lipinski definition) is 1. The number of aryl methyl sites for hydroxylation is 2. The summed E-state index contributed by atoms with van der Waals surface area (Å²) in [6.45, 7) is 14.7. The van der Waals surface area contributed by atoms with Crippen molar-refractivity contribution in [1.82, 2.24) is 19.6 Å². The molecule has 7 nitrogen and oxygen atoms in total. The van der Waals surface area contributed by atoms with Gasteiger partial charge in [0.05, 0.1) is 13.1 Å². The highest BCUT2D eigenvalue weighted by Gasteiger charge is 2.25. The number of anilines is 1. The molecule has 0 aromatic heterocycles. The molecule has 2 aliphatic rings. The van der Waals surface area contributed by atoms with Gasteiger partial charge in [-0.05, 0) is 43.5 Å². The summed E-state index contributed by atoms with van der Waals surface area (Å²) in [6, 6.07) is 14.6. The molecule has 0 aliphatic carbocycles. The van der Waals surface area contributed by atoms with Crippen LogP contribution in [0.4, 0.5) is 5.69 Å². The normalized spacial score (nSPS) is 18.0. The van der Waals surface area contributed by atoms with Gasteiger partial charge in [0.2, 0.25) is 11.8 Å². The van der Waals surface area contributed by atoms with Gasteiger partial charge in [0, 0.05) is 64.6 Å². The fourth-order valence-electron chi connectivity index (χ4n) is 4.90. The van der Waals surface area contributed by atoms with Crippen LogP contribution in [0.1, 0.15) is 22.3 Å². The van der Waals surface area contributed by atoms with E-state index in [1.165, 1.54) is 16.7 Å². The summed E-state index contributed by atoms with van der Waals surface area (Å²) < 4.78 is 0. The highest BCUT2D eigenvalue weighted by atomic mass is 16.2. The lowest BCUT2D eigenvalue weighted by Gasteiger charge is -2.38. The number of carbonyl (C=O) groups is 2. The predicted octanol–water partition coefficient (Wildman–Crippen LogP) is 2.51. The molecule has 1 N–H and O–H groups in total. The third-order valence-corrected chi connectivity index (χ3v) is 7.28. The molecule has 188 valence electrons. The van der Waals surface area contributed by atoms with Gasteiger partial charge in [-0.25, -0.2) is 0 Å². The summed E-state index contributed by atoms with van der Waals surface area (Å²) in [7, 11) is 0. The molecule has 2 fully saturated rings. The molecular formula is C28H39N5O2. The van der Waals surface area contributed by atoms with Crippen LogP contribution in [0.3, 0.4) is 0 Å². The number of piperazine rings is 2. The van der Waals surface area contributed by atoms with E-state index in [4.69, 9.17) is 0 Å². The van der Waals surface area contributed by atoms with Gasteiger partial charge in [-0.15, -0.1) is 0 Å². The summed E-state index contributed by atoms with van der Waals surface area (Å²) in [5, 5.41) is 3.05. The van der Waals surface area contributed by atoms with Crippen LogP contribution in [0.5, 0.6) is 0 Å². The maximum Gasteiger partial charge on any atom is 0.238 e. The van der Waals surface area contributed by atoms with Crippen molar-refractivity contribution in [3.8, 4) is 0 Å². The monoisotopic (exact) mass is 477 g/mol. The van der Waals surface area contributed by atoms with Gasteiger partial charge in [-0.3, -0.25) is 24.3 Å². The minimum Gasteiger partial charge on any atom is -0.339 e. The first-order valence-corrected chi connectivity index (χ1v) is 12.7. The van der Waals surface area contributed by atoms with Gasteiger partial charge in [0.1, 0.15) is 0 Å². The molecule has 0 saturated carbocycles.